The largest absolute Gasteiger partial charge is 0.399 e. The van der Waals surface area contributed by atoms with Gasteiger partial charge in [-0.3, -0.25) is 4.21 Å². The average Bonchev–Trinajstić information content (AvgIpc) is 2.17. The summed E-state index contributed by atoms with van der Waals surface area (Å²) in [5.41, 5.74) is 6.22. The Bertz CT molecular complexity index is 557. The molecule has 5 N–H and O–H groups in total. The van der Waals surface area contributed by atoms with Crippen LogP contribution in [0, 0.1) is 0 Å². The zero-order valence-corrected chi connectivity index (χ0v) is 11.8. The molecule has 0 aliphatic carbocycles. The summed E-state index contributed by atoms with van der Waals surface area (Å²) in [5.74, 6) is 0.411. The van der Waals surface area contributed by atoms with Crippen LogP contribution in [-0.4, -0.2) is 30.7 Å². The van der Waals surface area contributed by atoms with Crippen LogP contribution in [0.5, 0.6) is 0 Å². The van der Waals surface area contributed by atoms with E-state index in [1.807, 2.05) is 6.92 Å². The maximum Gasteiger partial charge on any atom is 0.240 e. The van der Waals surface area contributed by atoms with Crippen molar-refractivity contribution in [2.24, 2.45) is 5.14 Å². The molecule has 18 heavy (non-hydrogen) atoms. The van der Waals surface area contributed by atoms with E-state index in [4.69, 9.17) is 10.9 Å². The number of hydrogen-bond acceptors (Lipinski definition) is 5. The molecule has 1 rings (SSSR count). The normalized spacial score (nSPS) is 15.1. The number of primary sulfonamides is 1. The molecule has 0 fully saturated rings. The first-order valence-electron chi connectivity index (χ1n) is 5.19. The molecule has 0 saturated carbocycles. The highest BCUT2D eigenvalue weighted by atomic mass is 32.2. The molecule has 0 heterocycles. The lowest BCUT2D eigenvalue weighted by Gasteiger charge is -2.16. The van der Waals surface area contributed by atoms with E-state index in [1.165, 1.54) is 6.07 Å². The molecule has 0 aliphatic heterocycles. The summed E-state index contributed by atoms with van der Waals surface area (Å²) in [4.78, 5) is -0.0590. The molecule has 8 heteroatoms. The van der Waals surface area contributed by atoms with Crippen LogP contribution in [0.2, 0.25) is 0 Å². The van der Waals surface area contributed by atoms with Crippen molar-refractivity contribution >= 4 is 32.2 Å². The van der Waals surface area contributed by atoms with E-state index in [0.29, 0.717) is 17.1 Å². The minimum Gasteiger partial charge on any atom is -0.399 e. The second kappa shape index (κ2) is 5.68. The fourth-order valence-electron chi connectivity index (χ4n) is 1.55. The second-order valence-electron chi connectivity index (χ2n) is 4.09. The summed E-state index contributed by atoms with van der Waals surface area (Å²) in [5, 5.41) is 8.09. The van der Waals surface area contributed by atoms with E-state index in [0.717, 1.165) is 0 Å². The van der Waals surface area contributed by atoms with Gasteiger partial charge in [0.25, 0.3) is 0 Å². The highest BCUT2D eigenvalue weighted by molar-refractivity contribution is 7.89. The quantitative estimate of drug-likeness (QED) is 0.665. The molecule has 1 aromatic rings. The number of anilines is 2. The second-order valence-corrected chi connectivity index (χ2v) is 7.10. The number of rotatable bonds is 5. The van der Waals surface area contributed by atoms with Crippen molar-refractivity contribution in [3.05, 3.63) is 18.2 Å². The van der Waals surface area contributed by atoms with Crippen molar-refractivity contribution in [2.45, 2.75) is 17.9 Å². The van der Waals surface area contributed by atoms with Crippen LogP contribution >= 0.6 is 0 Å². The number of sulfonamides is 1. The summed E-state index contributed by atoms with van der Waals surface area (Å²) in [7, 11) is -4.82. The number of nitrogens with two attached hydrogens (primary N) is 2. The Morgan fingerprint density at radius 1 is 1.44 bits per heavy atom. The fourth-order valence-corrected chi connectivity index (χ4v) is 3.07. The summed E-state index contributed by atoms with van der Waals surface area (Å²) in [6.07, 6.45) is 1.59. The van der Waals surface area contributed by atoms with Crippen molar-refractivity contribution in [1.82, 2.24) is 0 Å². The Balaban J connectivity index is 3.06. The van der Waals surface area contributed by atoms with Crippen LogP contribution in [0.25, 0.3) is 0 Å². The molecule has 6 nitrogen and oxygen atoms in total. The van der Waals surface area contributed by atoms with Crippen LogP contribution in [-0.2, 0) is 20.8 Å². The van der Waals surface area contributed by atoms with Crippen LogP contribution in [0.4, 0.5) is 11.4 Å². The average molecular weight is 291 g/mol. The van der Waals surface area contributed by atoms with Crippen molar-refractivity contribution in [1.29, 1.82) is 0 Å². The monoisotopic (exact) mass is 291 g/mol. The predicted octanol–water partition coefficient (Wildman–Crippen LogP) is 0.0951. The SMILES string of the molecule is CC(CS(C)=O)Nc1ccc(N)cc1S(N)(=O)=O. The molecular formula is C10H17N3O3S2. The van der Waals surface area contributed by atoms with Crippen LogP contribution in [0.3, 0.4) is 0 Å². The lowest BCUT2D eigenvalue weighted by Crippen LogP contribution is -2.24. The molecule has 0 radical (unpaired) electrons. The Labute approximate surface area is 109 Å². The zero-order valence-electron chi connectivity index (χ0n) is 10.2. The molecule has 102 valence electrons. The first kappa shape index (κ1) is 14.9. The Kier molecular flexibility index (Phi) is 4.71. The summed E-state index contributed by atoms with van der Waals surface area (Å²) in [6, 6.07) is 4.28. The smallest absolute Gasteiger partial charge is 0.240 e. The number of nitrogens with one attached hydrogen (secondary N) is 1. The summed E-state index contributed by atoms with van der Waals surface area (Å²) in [6.45, 7) is 1.81. The maximum atomic E-state index is 11.4. The molecule has 0 aromatic heterocycles. The Morgan fingerprint density at radius 2 is 2.06 bits per heavy atom. The van der Waals surface area contributed by atoms with Gasteiger partial charge in [0.05, 0.1) is 5.69 Å². The first-order valence-corrected chi connectivity index (χ1v) is 8.46. The van der Waals surface area contributed by atoms with Gasteiger partial charge in [-0.15, -0.1) is 0 Å². The van der Waals surface area contributed by atoms with E-state index >= 15 is 0 Å². The van der Waals surface area contributed by atoms with Gasteiger partial charge in [-0.1, -0.05) is 0 Å². The lowest BCUT2D eigenvalue weighted by atomic mass is 10.2. The molecule has 0 saturated heterocycles. The minimum atomic E-state index is -3.85. The Morgan fingerprint density at radius 3 is 2.56 bits per heavy atom. The number of hydrogen-bond donors (Lipinski definition) is 3. The van der Waals surface area contributed by atoms with E-state index in [1.54, 1.807) is 18.4 Å². The molecular weight excluding hydrogens is 274 g/mol. The Hall–Kier alpha value is -1.12. The van der Waals surface area contributed by atoms with Crippen molar-refractivity contribution in [3.8, 4) is 0 Å². The molecule has 0 amide bonds. The zero-order chi connectivity index (χ0) is 13.9. The van der Waals surface area contributed by atoms with E-state index in [9.17, 15) is 12.6 Å². The maximum absolute atomic E-state index is 11.4. The van der Waals surface area contributed by atoms with Gasteiger partial charge in [0.15, 0.2) is 0 Å². The molecule has 1 aromatic carbocycles. The van der Waals surface area contributed by atoms with Gasteiger partial charge in [0.1, 0.15) is 4.90 Å². The third-order valence-corrected chi connectivity index (χ3v) is 4.12. The standard InChI is InChI=1S/C10H17N3O3S2/c1-7(6-17(2)14)13-9-4-3-8(11)5-10(9)18(12,15)16/h3-5,7,13H,6,11H2,1-2H3,(H2,12,15,16). The van der Waals surface area contributed by atoms with Crippen molar-refractivity contribution in [2.75, 3.05) is 23.1 Å². The minimum absolute atomic E-state index is 0.0590. The summed E-state index contributed by atoms with van der Waals surface area (Å²) >= 11 is 0. The van der Waals surface area contributed by atoms with Gasteiger partial charge in [0.2, 0.25) is 10.0 Å². The third kappa shape index (κ3) is 4.28. The number of nitrogen functional groups attached to an aromatic ring is 1. The third-order valence-electron chi connectivity index (χ3n) is 2.20. The lowest BCUT2D eigenvalue weighted by molar-refractivity contribution is 0.598. The van der Waals surface area contributed by atoms with Gasteiger partial charge in [0, 0.05) is 34.5 Å². The van der Waals surface area contributed by atoms with Gasteiger partial charge < -0.3 is 11.1 Å². The molecule has 0 aliphatic rings. The van der Waals surface area contributed by atoms with Crippen molar-refractivity contribution < 1.29 is 12.6 Å². The van der Waals surface area contributed by atoms with Gasteiger partial charge >= 0.3 is 0 Å². The summed E-state index contributed by atoms with van der Waals surface area (Å²) < 4.78 is 34.0. The first-order chi connectivity index (χ1) is 8.20. The van der Waals surface area contributed by atoms with Gasteiger partial charge in [-0.05, 0) is 25.1 Å². The van der Waals surface area contributed by atoms with Crippen LogP contribution < -0.4 is 16.2 Å². The van der Waals surface area contributed by atoms with Crippen molar-refractivity contribution in [3.63, 3.8) is 0 Å². The molecule has 0 spiro atoms. The molecule has 0 bridgehead atoms. The fraction of sp³-hybridized carbons (Fsp3) is 0.400. The van der Waals surface area contributed by atoms with Crippen LogP contribution in [0.1, 0.15) is 6.92 Å². The molecule has 2 atom stereocenters. The van der Waals surface area contributed by atoms with Gasteiger partial charge in [-0.2, -0.15) is 0 Å². The topological polar surface area (TPSA) is 115 Å². The van der Waals surface area contributed by atoms with Crippen LogP contribution in [0.15, 0.2) is 23.1 Å². The van der Waals surface area contributed by atoms with E-state index < -0.39 is 20.8 Å². The highest BCUT2D eigenvalue weighted by Crippen LogP contribution is 2.23. The highest BCUT2D eigenvalue weighted by Gasteiger charge is 2.16. The number of benzene rings is 1. The van der Waals surface area contributed by atoms with E-state index in [2.05, 4.69) is 5.32 Å². The van der Waals surface area contributed by atoms with E-state index in [-0.39, 0.29) is 10.9 Å². The predicted molar refractivity (Wildman–Crippen MR) is 74.2 cm³/mol. The van der Waals surface area contributed by atoms with Gasteiger partial charge in [-0.25, -0.2) is 13.6 Å². The molecule has 2 unspecified atom stereocenters.